The van der Waals surface area contributed by atoms with Crippen LogP contribution in [0.25, 0.3) is 0 Å². The lowest BCUT2D eigenvalue weighted by molar-refractivity contribution is 0.282. The van der Waals surface area contributed by atoms with Crippen molar-refractivity contribution in [3.63, 3.8) is 0 Å². The predicted molar refractivity (Wildman–Crippen MR) is 76.9 cm³/mol. The number of halogens is 1. The summed E-state index contributed by atoms with van der Waals surface area (Å²) in [4.78, 5) is 11.7. The number of benzene rings is 1. The van der Waals surface area contributed by atoms with Crippen molar-refractivity contribution in [3.05, 3.63) is 56.4 Å². The van der Waals surface area contributed by atoms with Gasteiger partial charge in [0.15, 0.2) is 0 Å². The highest BCUT2D eigenvalue weighted by Crippen LogP contribution is 2.17. The minimum absolute atomic E-state index is 0.0396. The van der Waals surface area contributed by atoms with Crippen LogP contribution in [0.3, 0.4) is 0 Å². The third kappa shape index (κ3) is 3.21. The number of aliphatic hydroxyl groups is 1. The number of rotatable bonds is 4. The number of aromatic nitrogens is 2. The van der Waals surface area contributed by atoms with Gasteiger partial charge in [0.2, 0.25) is 0 Å². The molecule has 0 saturated heterocycles. The average Bonchev–Trinajstić information content (AvgIpc) is 2.45. The standard InChI is InChI=1S/C13H14BrN3O2/c1-17-13(19)12(14)11(7-16-17)15-6-9-2-4-10(8-18)5-3-9/h2-5,7,15,18H,6,8H2,1H3. The van der Waals surface area contributed by atoms with Crippen molar-refractivity contribution < 1.29 is 5.11 Å². The smallest absolute Gasteiger partial charge is 0.282 e. The molecule has 2 aromatic rings. The SMILES string of the molecule is Cn1ncc(NCc2ccc(CO)cc2)c(Br)c1=O. The van der Waals surface area contributed by atoms with Crippen LogP contribution in [0.4, 0.5) is 5.69 Å². The fourth-order valence-electron chi connectivity index (χ4n) is 1.59. The van der Waals surface area contributed by atoms with E-state index in [1.165, 1.54) is 4.68 Å². The van der Waals surface area contributed by atoms with Crippen LogP contribution in [0.2, 0.25) is 0 Å². The first-order valence-electron chi connectivity index (χ1n) is 5.76. The van der Waals surface area contributed by atoms with Gasteiger partial charge in [0, 0.05) is 13.6 Å². The molecular weight excluding hydrogens is 310 g/mol. The first kappa shape index (κ1) is 13.8. The maximum Gasteiger partial charge on any atom is 0.282 e. The Labute approximate surface area is 119 Å². The van der Waals surface area contributed by atoms with Gasteiger partial charge >= 0.3 is 0 Å². The average molecular weight is 324 g/mol. The molecule has 1 aromatic carbocycles. The first-order chi connectivity index (χ1) is 9.11. The quantitative estimate of drug-likeness (QED) is 0.897. The van der Waals surface area contributed by atoms with Gasteiger partial charge in [-0.05, 0) is 27.1 Å². The Hall–Kier alpha value is -1.66. The van der Waals surface area contributed by atoms with Crippen molar-refractivity contribution in [2.75, 3.05) is 5.32 Å². The Morgan fingerprint density at radius 2 is 1.95 bits per heavy atom. The summed E-state index contributed by atoms with van der Waals surface area (Å²) in [6.45, 7) is 0.622. The van der Waals surface area contributed by atoms with E-state index >= 15 is 0 Å². The van der Waals surface area contributed by atoms with Crippen molar-refractivity contribution in [1.29, 1.82) is 0 Å². The number of nitrogens with one attached hydrogen (secondary N) is 1. The van der Waals surface area contributed by atoms with Gasteiger partial charge in [0.05, 0.1) is 18.5 Å². The summed E-state index contributed by atoms with van der Waals surface area (Å²) in [5.41, 5.74) is 2.42. The molecule has 19 heavy (non-hydrogen) atoms. The molecule has 1 aromatic heterocycles. The molecule has 1 heterocycles. The highest BCUT2D eigenvalue weighted by Gasteiger charge is 2.06. The van der Waals surface area contributed by atoms with Gasteiger partial charge in [-0.1, -0.05) is 24.3 Å². The van der Waals surface area contributed by atoms with E-state index in [0.717, 1.165) is 11.1 Å². The maximum absolute atomic E-state index is 11.7. The number of nitrogens with zero attached hydrogens (tertiary/aromatic N) is 2. The molecular formula is C13H14BrN3O2. The zero-order chi connectivity index (χ0) is 13.8. The van der Waals surface area contributed by atoms with Crippen LogP contribution < -0.4 is 10.9 Å². The monoisotopic (exact) mass is 323 g/mol. The molecule has 0 amide bonds. The zero-order valence-corrected chi connectivity index (χ0v) is 12.0. The van der Waals surface area contributed by atoms with Gasteiger partial charge < -0.3 is 10.4 Å². The van der Waals surface area contributed by atoms with Gasteiger partial charge in [-0.2, -0.15) is 5.10 Å². The molecule has 6 heteroatoms. The molecule has 0 spiro atoms. The fraction of sp³-hybridized carbons (Fsp3) is 0.231. The lowest BCUT2D eigenvalue weighted by Crippen LogP contribution is -2.21. The van der Waals surface area contributed by atoms with Gasteiger partial charge in [0.25, 0.3) is 5.56 Å². The summed E-state index contributed by atoms with van der Waals surface area (Å²) in [5, 5.41) is 16.1. The molecule has 0 saturated carbocycles. The van der Waals surface area contributed by atoms with Gasteiger partial charge in [0.1, 0.15) is 4.47 Å². The molecule has 2 rings (SSSR count). The largest absolute Gasteiger partial charge is 0.392 e. The van der Waals surface area contributed by atoms with E-state index in [-0.39, 0.29) is 12.2 Å². The van der Waals surface area contributed by atoms with Crippen LogP contribution in [0.15, 0.2) is 39.7 Å². The van der Waals surface area contributed by atoms with Crippen LogP contribution in [-0.2, 0) is 20.2 Å². The molecule has 5 nitrogen and oxygen atoms in total. The van der Waals surface area contributed by atoms with E-state index in [9.17, 15) is 4.79 Å². The second-order valence-electron chi connectivity index (χ2n) is 4.13. The minimum Gasteiger partial charge on any atom is -0.392 e. The Bertz CT molecular complexity index is 623. The molecule has 0 aliphatic rings. The second kappa shape index (κ2) is 5.99. The van der Waals surface area contributed by atoms with E-state index < -0.39 is 0 Å². The van der Waals surface area contributed by atoms with Crippen molar-refractivity contribution in [3.8, 4) is 0 Å². The highest BCUT2D eigenvalue weighted by atomic mass is 79.9. The van der Waals surface area contributed by atoms with Crippen molar-refractivity contribution in [2.24, 2.45) is 7.05 Å². The highest BCUT2D eigenvalue weighted by molar-refractivity contribution is 9.10. The van der Waals surface area contributed by atoms with E-state index in [1.807, 2.05) is 24.3 Å². The van der Waals surface area contributed by atoms with E-state index in [0.29, 0.717) is 16.7 Å². The Morgan fingerprint density at radius 1 is 1.32 bits per heavy atom. The van der Waals surface area contributed by atoms with E-state index in [2.05, 4.69) is 26.3 Å². The van der Waals surface area contributed by atoms with Gasteiger partial charge in [-0.15, -0.1) is 0 Å². The van der Waals surface area contributed by atoms with Crippen LogP contribution in [0.5, 0.6) is 0 Å². The number of aryl methyl sites for hydroxylation is 1. The van der Waals surface area contributed by atoms with Crippen molar-refractivity contribution >= 4 is 21.6 Å². The predicted octanol–water partition coefficient (Wildman–Crippen LogP) is 1.65. The third-order valence-corrected chi connectivity index (χ3v) is 3.53. The van der Waals surface area contributed by atoms with Gasteiger partial charge in [-0.3, -0.25) is 4.79 Å². The summed E-state index contributed by atoms with van der Waals surface area (Å²) in [7, 11) is 1.60. The normalized spacial score (nSPS) is 10.5. The number of hydrogen-bond acceptors (Lipinski definition) is 4. The molecule has 0 radical (unpaired) electrons. The van der Waals surface area contributed by atoms with Crippen molar-refractivity contribution in [1.82, 2.24) is 9.78 Å². The van der Waals surface area contributed by atoms with Crippen LogP contribution in [0, 0.1) is 0 Å². The van der Waals surface area contributed by atoms with Crippen LogP contribution in [0.1, 0.15) is 11.1 Å². The molecule has 0 aliphatic heterocycles. The maximum atomic E-state index is 11.7. The Morgan fingerprint density at radius 3 is 2.58 bits per heavy atom. The molecule has 0 aliphatic carbocycles. The number of aliphatic hydroxyl groups excluding tert-OH is 1. The molecule has 0 unspecified atom stereocenters. The third-order valence-electron chi connectivity index (χ3n) is 2.77. The summed E-state index contributed by atoms with van der Waals surface area (Å²) >= 11 is 3.26. The van der Waals surface area contributed by atoms with E-state index in [4.69, 9.17) is 5.11 Å². The summed E-state index contributed by atoms with van der Waals surface area (Å²) in [5.74, 6) is 0. The van der Waals surface area contributed by atoms with Crippen molar-refractivity contribution in [2.45, 2.75) is 13.2 Å². The number of hydrogen-bond donors (Lipinski definition) is 2. The Kier molecular flexibility index (Phi) is 4.34. The second-order valence-corrected chi connectivity index (χ2v) is 4.92. The first-order valence-corrected chi connectivity index (χ1v) is 6.55. The van der Waals surface area contributed by atoms with Gasteiger partial charge in [-0.25, -0.2) is 4.68 Å². The topological polar surface area (TPSA) is 67.2 Å². The summed E-state index contributed by atoms with van der Waals surface area (Å²) in [6, 6.07) is 7.60. The summed E-state index contributed by atoms with van der Waals surface area (Å²) in [6.07, 6.45) is 1.60. The molecule has 0 fully saturated rings. The lowest BCUT2D eigenvalue weighted by Gasteiger charge is -2.09. The molecule has 0 bridgehead atoms. The summed E-state index contributed by atoms with van der Waals surface area (Å²) < 4.78 is 1.74. The molecule has 2 N–H and O–H groups in total. The van der Waals surface area contributed by atoms with E-state index in [1.54, 1.807) is 13.2 Å². The molecule has 100 valence electrons. The minimum atomic E-state index is -0.180. The fourth-order valence-corrected chi connectivity index (χ4v) is 2.09. The number of anilines is 1. The Balaban J connectivity index is 2.10. The molecule has 0 atom stereocenters. The van der Waals surface area contributed by atoms with Crippen LogP contribution >= 0.6 is 15.9 Å². The van der Waals surface area contributed by atoms with Crippen LogP contribution in [-0.4, -0.2) is 14.9 Å². The zero-order valence-electron chi connectivity index (χ0n) is 10.4. The lowest BCUT2D eigenvalue weighted by atomic mass is 10.1.